The zero-order valence-electron chi connectivity index (χ0n) is 21.9. The van der Waals surface area contributed by atoms with Gasteiger partial charge >= 0.3 is 6.09 Å². The number of nitrogens with one attached hydrogen (secondary N) is 1. The first-order valence-electron chi connectivity index (χ1n) is 13.1. The zero-order valence-corrected chi connectivity index (χ0v) is 21.9. The van der Waals surface area contributed by atoms with Gasteiger partial charge in [0.05, 0.1) is 25.9 Å². The van der Waals surface area contributed by atoms with Gasteiger partial charge in [0.2, 0.25) is 11.8 Å². The van der Waals surface area contributed by atoms with Crippen LogP contribution in [-0.4, -0.2) is 95.8 Å². The Morgan fingerprint density at radius 2 is 1.90 bits per heavy atom. The van der Waals surface area contributed by atoms with Crippen LogP contribution in [0.25, 0.3) is 11.4 Å². The van der Waals surface area contributed by atoms with Crippen LogP contribution in [0.1, 0.15) is 36.7 Å². The SMILES string of the molecule is CCOC(=O)N1CCN(C(=O)C(CCC#N)NC(=O)c2cc(O[C@H]3CCOC3)nc(-c3ccccc3)n2)CC1. The molecule has 1 unspecified atom stereocenters. The van der Waals surface area contributed by atoms with Crippen molar-refractivity contribution in [2.24, 2.45) is 0 Å². The highest BCUT2D eigenvalue weighted by Gasteiger charge is 2.31. The Balaban J connectivity index is 1.50. The molecule has 1 N–H and O–H groups in total. The summed E-state index contributed by atoms with van der Waals surface area (Å²) in [5.41, 5.74) is 0.746. The first kappa shape index (κ1) is 27.8. The lowest BCUT2D eigenvalue weighted by molar-refractivity contribution is -0.135. The third-order valence-corrected chi connectivity index (χ3v) is 6.41. The van der Waals surface area contributed by atoms with Gasteiger partial charge in [-0.1, -0.05) is 30.3 Å². The molecule has 0 radical (unpaired) electrons. The maximum absolute atomic E-state index is 13.4. The summed E-state index contributed by atoms with van der Waals surface area (Å²) in [6, 6.07) is 11.8. The molecule has 0 aliphatic carbocycles. The Bertz CT molecular complexity index is 1190. The largest absolute Gasteiger partial charge is 0.472 e. The predicted molar refractivity (Wildman–Crippen MR) is 139 cm³/mol. The number of benzene rings is 1. The first-order chi connectivity index (χ1) is 19.0. The van der Waals surface area contributed by atoms with E-state index in [-0.39, 0.29) is 43.0 Å². The average molecular weight is 537 g/mol. The van der Waals surface area contributed by atoms with Gasteiger partial charge in [0.1, 0.15) is 17.8 Å². The molecule has 39 heavy (non-hydrogen) atoms. The Morgan fingerprint density at radius 1 is 1.15 bits per heavy atom. The molecule has 3 heterocycles. The lowest BCUT2D eigenvalue weighted by Gasteiger charge is -2.35. The molecule has 206 valence electrons. The number of nitriles is 1. The summed E-state index contributed by atoms with van der Waals surface area (Å²) in [5, 5.41) is 11.9. The molecule has 2 atom stereocenters. The summed E-state index contributed by atoms with van der Waals surface area (Å²) in [6.07, 6.45) is 0.324. The summed E-state index contributed by atoms with van der Waals surface area (Å²) >= 11 is 0. The highest BCUT2D eigenvalue weighted by Crippen LogP contribution is 2.22. The highest BCUT2D eigenvalue weighted by molar-refractivity contribution is 5.96. The monoisotopic (exact) mass is 536 g/mol. The fourth-order valence-corrected chi connectivity index (χ4v) is 4.34. The molecule has 0 bridgehead atoms. The standard InChI is InChI=1S/C27H32N6O6/c1-2-38-27(36)33-14-12-32(13-15-33)26(35)21(9-6-11-28)30-25(34)22-17-23(39-20-10-16-37-18-20)31-24(29-22)19-7-4-3-5-8-19/h3-5,7-8,17,20-21H,2,6,9-10,12-16,18H2,1H3,(H,30,34)/t20-,21?/m0/s1. The normalized spacial score (nSPS) is 17.7. The van der Waals surface area contributed by atoms with Crippen molar-refractivity contribution < 1.29 is 28.6 Å². The molecule has 1 aromatic heterocycles. The van der Waals surface area contributed by atoms with Crippen LogP contribution < -0.4 is 10.1 Å². The molecule has 2 saturated heterocycles. The highest BCUT2D eigenvalue weighted by atomic mass is 16.6. The number of ether oxygens (including phenoxy) is 3. The van der Waals surface area contributed by atoms with Crippen LogP contribution in [-0.2, 0) is 14.3 Å². The second-order valence-corrected chi connectivity index (χ2v) is 9.12. The lowest BCUT2D eigenvalue weighted by Crippen LogP contribution is -2.56. The number of aromatic nitrogens is 2. The molecule has 2 aromatic rings. The Hall–Kier alpha value is -4.24. The fourth-order valence-electron chi connectivity index (χ4n) is 4.34. The first-order valence-corrected chi connectivity index (χ1v) is 13.1. The van der Waals surface area contributed by atoms with Crippen molar-refractivity contribution >= 4 is 17.9 Å². The number of piperazine rings is 1. The van der Waals surface area contributed by atoms with E-state index >= 15 is 0 Å². The molecule has 2 aliphatic heterocycles. The fraction of sp³-hybridized carbons (Fsp3) is 0.481. The quantitative estimate of drug-likeness (QED) is 0.508. The van der Waals surface area contributed by atoms with Crippen molar-refractivity contribution in [3.63, 3.8) is 0 Å². The summed E-state index contributed by atoms with van der Waals surface area (Å²) in [7, 11) is 0. The number of hydrogen-bond donors (Lipinski definition) is 1. The smallest absolute Gasteiger partial charge is 0.409 e. The molecule has 0 spiro atoms. The lowest BCUT2D eigenvalue weighted by atomic mass is 10.1. The van der Waals surface area contributed by atoms with Crippen LogP contribution in [0.15, 0.2) is 36.4 Å². The van der Waals surface area contributed by atoms with Gasteiger partial charge in [0, 0.05) is 50.7 Å². The molecular formula is C27H32N6O6. The molecule has 2 aliphatic rings. The average Bonchev–Trinajstić information content (AvgIpc) is 3.48. The molecular weight excluding hydrogens is 504 g/mol. The summed E-state index contributed by atoms with van der Waals surface area (Å²) in [4.78, 5) is 50.8. The summed E-state index contributed by atoms with van der Waals surface area (Å²) < 4.78 is 16.4. The predicted octanol–water partition coefficient (Wildman–Crippen LogP) is 2.01. The Morgan fingerprint density at radius 3 is 2.56 bits per heavy atom. The van der Waals surface area contributed by atoms with Crippen molar-refractivity contribution in [1.29, 1.82) is 5.26 Å². The van der Waals surface area contributed by atoms with Crippen LogP contribution in [0.4, 0.5) is 4.79 Å². The molecule has 4 rings (SSSR count). The van der Waals surface area contributed by atoms with E-state index in [0.29, 0.717) is 57.2 Å². The molecule has 0 saturated carbocycles. The van der Waals surface area contributed by atoms with Crippen molar-refractivity contribution in [2.75, 3.05) is 46.0 Å². The maximum atomic E-state index is 13.4. The minimum Gasteiger partial charge on any atom is -0.472 e. The van der Waals surface area contributed by atoms with E-state index in [4.69, 9.17) is 19.5 Å². The van der Waals surface area contributed by atoms with Crippen LogP contribution in [0.5, 0.6) is 5.88 Å². The second kappa shape index (κ2) is 13.5. The number of carbonyl (C=O) groups is 3. The van der Waals surface area contributed by atoms with E-state index in [1.165, 1.54) is 6.07 Å². The second-order valence-electron chi connectivity index (χ2n) is 9.12. The van der Waals surface area contributed by atoms with E-state index in [2.05, 4.69) is 15.3 Å². The number of hydrogen-bond acceptors (Lipinski definition) is 9. The van der Waals surface area contributed by atoms with Crippen LogP contribution >= 0.6 is 0 Å². The van der Waals surface area contributed by atoms with Crippen molar-refractivity contribution in [1.82, 2.24) is 25.1 Å². The van der Waals surface area contributed by atoms with E-state index < -0.39 is 18.0 Å². The topological polar surface area (TPSA) is 147 Å². The van der Waals surface area contributed by atoms with Crippen LogP contribution in [0, 0.1) is 11.3 Å². The minimum atomic E-state index is -0.936. The molecule has 3 amide bonds. The van der Waals surface area contributed by atoms with E-state index in [0.717, 1.165) is 0 Å². The van der Waals surface area contributed by atoms with Crippen molar-refractivity contribution in [3.05, 3.63) is 42.1 Å². The Labute approximate surface area is 226 Å². The third kappa shape index (κ3) is 7.42. The van der Waals surface area contributed by atoms with Crippen LogP contribution in [0.3, 0.4) is 0 Å². The van der Waals surface area contributed by atoms with Gasteiger partial charge in [-0.3, -0.25) is 9.59 Å². The third-order valence-electron chi connectivity index (χ3n) is 6.41. The van der Waals surface area contributed by atoms with Gasteiger partial charge in [0.25, 0.3) is 5.91 Å². The van der Waals surface area contributed by atoms with Gasteiger partial charge in [-0.25, -0.2) is 9.78 Å². The van der Waals surface area contributed by atoms with Gasteiger partial charge in [0.15, 0.2) is 5.82 Å². The number of amides is 3. The van der Waals surface area contributed by atoms with Crippen molar-refractivity contribution in [2.45, 2.75) is 38.3 Å². The zero-order chi connectivity index (χ0) is 27.6. The van der Waals surface area contributed by atoms with E-state index in [9.17, 15) is 14.4 Å². The summed E-state index contributed by atoms with van der Waals surface area (Å²) in [6.45, 7) is 4.26. The van der Waals surface area contributed by atoms with E-state index in [1.54, 1.807) is 16.7 Å². The summed E-state index contributed by atoms with van der Waals surface area (Å²) in [5.74, 6) is -0.353. The number of carbonyl (C=O) groups excluding carboxylic acids is 3. The van der Waals surface area contributed by atoms with Gasteiger partial charge < -0.3 is 29.3 Å². The minimum absolute atomic E-state index is 0.0413. The van der Waals surface area contributed by atoms with Crippen molar-refractivity contribution in [3.8, 4) is 23.3 Å². The van der Waals surface area contributed by atoms with Gasteiger partial charge in [-0.05, 0) is 13.3 Å². The van der Waals surface area contributed by atoms with Gasteiger partial charge in [-0.2, -0.15) is 10.2 Å². The van der Waals surface area contributed by atoms with Gasteiger partial charge in [-0.15, -0.1) is 0 Å². The Kier molecular flexibility index (Phi) is 9.64. The van der Waals surface area contributed by atoms with E-state index in [1.807, 2.05) is 36.4 Å². The number of nitrogens with zero attached hydrogens (tertiary/aromatic N) is 5. The maximum Gasteiger partial charge on any atom is 0.409 e. The molecule has 2 fully saturated rings. The molecule has 1 aromatic carbocycles. The number of rotatable bonds is 9. The van der Waals surface area contributed by atoms with Crippen LogP contribution in [0.2, 0.25) is 0 Å². The molecule has 12 nitrogen and oxygen atoms in total. The molecule has 12 heteroatoms.